The summed E-state index contributed by atoms with van der Waals surface area (Å²) in [6.07, 6.45) is 8.59. The molecule has 0 saturated heterocycles. The highest BCUT2D eigenvalue weighted by Gasteiger charge is 2.31. The van der Waals surface area contributed by atoms with E-state index in [0.29, 0.717) is 23.6 Å². The van der Waals surface area contributed by atoms with Crippen LogP contribution in [-0.4, -0.2) is 42.5 Å². The van der Waals surface area contributed by atoms with Crippen molar-refractivity contribution in [2.45, 2.75) is 51.9 Å². The van der Waals surface area contributed by atoms with Gasteiger partial charge in [0.15, 0.2) is 5.69 Å². The number of rotatable bonds is 13. The minimum Gasteiger partial charge on any atom is -0.494 e. The highest BCUT2D eigenvalue weighted by atomic mass is 16.5. The van der Waals surface area contributed by atoms with Crippen LogP contribution in [-0.2, 0) is 9.47 Å². The molecule has 0 aliphatic carbocycles. The third-order valence-electron chi connectivity index (χ3n) is 5.80. The predicted octanol–water partition coefficient (Wildman–Crippen LogP) is 6.24. The molecule has 0 amide bonds. The lowest BCUT2D eigenvalue weighted by Gasteiger charge is -2.08. The lowest BCUT2D eigenvalue weighted by Crippen LogP contribution is -2.15. The Morgan fingerprint density at radius 3 is 2.06 bits per heavy atom. The monoisotopic (exact) mass is 478 g/mol. The van der Waals surface area contributed by atoms with Gasteiger partial charge in [-0.3, -0.25) is 0 Å². The van der Waals surface area contributed by atoms with Crippen molar-refractivity contribution in [2.24, 2.45) is 0 Å². The van der Waals surface area contributed by atoms with Gasteiger partial charge in [0.05, 0.1) is 26.5 Å². The molecule has 1 aromatic heterocycles. The Bertz CT molecular complexity index is 1090. The maximum atomic E-state index is 12.7. The fraction of sp³-hybridized carbons (Fsp3) is 0.393. The molecular weight excluding hydrogens is 444 g/mol. The predicted molar refractivity (Wildman–Crippen MR) is 135 cm³/mol. The van der Waals surface area contributed by atoms with Crippen molar-refractivity contribution >= 4 is 11.9 Å². The zero-order valence-electron chi connectivity index (χ0n) is 20.8. The van der Waals surface area contributed by atoms with Gasteiger partial charge >= 0.3 is 11.9 Å². The fourth-order valence-corrected chi connectivity index (χ4v) is 3.91. The maximum absolute atomic E-state index is 12.7. The molecular formula is C28H34N2O5. The molecule has 7 heteroatoms. The molecule has 0 aliphatic heterocycles. The number of para-hydroxylation sites is 1. The molecule has 0 bridgehead atoms. The number of ether oxygens (including phenoxy) is 3. The number of benzene rings is 2. The minimum atomic E-state index is -0.678. The first kappa shape index (κ1) is 26.0. The van der Waals surface area contributed by atoms with Gasteiger partial charge < -0.3 is 14.2 Å². The molecule has 0 saturated carbocycles. The highest BCUT2D eigenvalue weighted by Crippen LogP contribution is 2.30. The number of unbranched alkanes of at least 4 members (excludes halogenated alkanes) is 6. The van der Waals surface area contributed by atoms with Crippen molar-refractivity contribution < 1.29 is 23.8 Å². The van der Waals surface area contributed by atoms with Crippen LogP contribution in [0.5, 0.6) is 5.75 Å². The van der Waals surface area contributed by atoms with Crippen LogP contribution >= 0.6 is 0 Å². The molecule has 7 nitrogen and oxygen atoms in total. The molecule has 35 heavy (non-hydrogen) atoms. The topological polar surface area (TPSA) is 79.7 Å². The second kappa shape index (κ2) is 13.3. The molecule has 2 aromatic carbocycles. The number of hydrogen-bond acceptors (Lipinski definition) is 6. The highest BCUT2D eigenvalue weighted by molar-refractivity contribution is 6.06. The van der Waals surface area contributed by atoms with Crippen LogP contribution < -0.4 is 4.74 Å². The van der Waals surface area contributed by atoms with Crippen molar-refractivity contribution in [1.82, 2.24) is 9.78 Å². The van der Waals surface area contributed by atoms with Gasteiger partial charge in [-0.2, -0.15) is 5.10 Å². The van der Waals surface area contributed by atoms with Gasteiger partial charge in [-0.25, -0.2) is 14.3 Å². The number of esters is 2. The summed E-state index contributed by atoms with van der Waals surface area (Å²) in [5.74, 6) is -0.598. The van der Waals surface area contributed by atoms with E-state index in [-0.39, 0.29) is 11.3 Å². The summed E-state index contributed by atoms with van der Waals surface area (Å²) in [5, 5.41) is 4.61. The summed E-state index contributed by atoms with van der Waals surface area (Å²) < 4.78 is 17.3. The third-order valence-corrected chi connectivity index (χ3v) is 5.80. The summed E-state index contributed by atoms with van der Waals surface area (Å²) in [7, 11) is 2.54. The summed E-state index contributed by atoms with van der Waals surface area (Å²) in [6.45, 7) is 2.89. The van der Waals surface area contributed by atoms with E-state index < -0.39 is 11.9 Å². The summed E-state index contributed by atoms with van der Waals surface area (Å²) in [4.78, 5) is 25.4. The summed E-state index contributed by atoms with van der Waals surface area (Å²) in [5.41, 5.74) is 1.69. The molecule has 1 heterocycles. The van der Waals surface area contributed by atoms with Crippen LogP contribution in [0.4, 0.5) is 0 Å². The van der Waals surface area contributed by atoms with Gasteiger partial charge in [-0.05, 0) is 42.8 Å². The largest absolute Gasteiger partial charge is 0.494 e. The van der Waals surface area contributed by atoms with Crippen molar-refractivity contribution in [2.75, 3.05) is 20.8 Å². The number of methoxy groups -OCH3 is 2. The van der Waals surface area contributed by atoms with Crippen LogP contribution in [0.2, 0.25) is 0 Å². The molecule has 0 unspecified atom stereocenters. The molecule has 0 radical (unpaired) electrons. The van der Waals surface area contributed by atoms with Crippen molar-refractivity contribution in [3.63, 3.8) is 0 Å². The second-order valence-corrected chi connectivity index (χ2v) is 8.30. The van der Waals surface area contributed by atoms with Crippen LogP contribution in [0.15, 0.2) is 54.6 Å². The average molecular weight is 479 g/mol. The quantitative estimate of drug-likeness (QED) is 0.214. The first-order chi connectivity index (χ1) is 17.1. The fourth-order valence-electron chi connectivity index (χ4n) is 3.91. The molecule has 0 spiro atoms. The van der Waals surface area contributed by atoms with E-state index in [1.807, 2.05) is 42.5 Å². The molecule has 3 aromatic rings. The molecule has 0 fully saturated rings. The smallest absolute Gasteiger partial charge is 0.357 e. The Kier molecular flexibility index (Phi) is 9.90. The average Bonchev–Trinajstić information content (AvgIpc) is 3.31. The van der Waals surface area contributed by atoms with Crippen molar-refractivity contribution in [3.05, 3.63) is 65.9 Å². The number of carbonyl (C=O) groups excluding carboxylic acids is 2. The van der Waals surface area contributed by atoms with E-state index in [9.17, 15) is 9.59 Å². The zero-order valence-corrected chi connectivity index (χ0v) is 20.8. The standard InChI is InChI=1S/C28H34N2O5/c1-4-5-6-7-8-9-13-20-35-23-18-16-21(17-19-23)25-24(27(31)33-2)26(28(32)34-3)30(29-25)22-14-11-10-12-15-22/h10-12,14-19H,4-9,13,20H2,1-3H3. The van der Waals surface area contributed by atoms with E-state index in [1.54, 1.807) is 12.1 Å². The van der Waals surface area contributed by atoms with Crippen LogP contribution in [0.25, 0.3) is 16.9 Å². The Labute approximate surface area is 207 Å². The number of aromatic nitrogens is 2. The van der Waals surface area contributed by atoms with E-state index >= 15 is 0 Å². The van der Waals surface area contributed by atoms with Gasteiger partial charge in [0, 0.05) is 5.56 Å². The molecule has 186 valence electrons. The molecule has 3 rings (SSSR count). The lowest BCUT2D eigenvalue weighted by molar-refractivity contribution is 0.0549. The van der Waals surface area contributed by atoms with Gasteiger partial charge in [0.2, 0.25) is 0 Å². The van der Waals surface area contributed by atoms with Crippen molar-refractivity contribution in [3.8, 4) is 22.7 Å². The lowest BCUT2D eigenvalue weighted by atomic mass is 10.1. The Balaban J connectivity index is 1.80. The van der Waals surface area contributed by atoms with Crippen LogP contribution in [0.1, 0.15) is 72.7 Å². The van der Waals surface area contributed by atoms with Gasteiger partial charge in [0.1, 0.15) is 17.0 Å². The van der Waals surface area contributed by atoms with Crippen molar-refractivity contribution in [1.29, 1.82) is 0 Å². The van der Waals surface area contributed by atoms with Gasteiger partial charge in [0.25, 0.3) is 0 Å². The maximum Gasteiger partial charge on any atom is 0.357 e. The molecule has 0 aliphatic rings. The SMILES string of the molecule is CCCCCCCCCOc1ccc(-c2nn(-c3ccccc3)c(C(=O)OC)c2C(=O)OC)cc1. The number of hydrogen-bond donors (Lipinski definition) is 0. The van der Waals surface area contributed by atoms with Crippen LogP contribution in [0, 0.1) is 0 Å². The minimum absolute atomic E-state index is 0.0137. The molecule has 0 atom stereocenters. The number of carbonyl (C=O) groups is 2. The van der Waals surface area contributed by atoms with E-state index in [0.717, 1.165) is 18.6 Å². The normalized spacial score (nSPS) is 10.7. The second-order valence-electron chi connectivity index (χ2n) is 8.30. The Morgan fingerprint density at radius 2 is 1.43 bits per heavy atom. The van der Waals surface area contributed by atoms with E-state index in [1.165, 1.54) is 51.0 Å². The number of nitrogens with zero attached hydrogens (tertiary/aromatic N) is 2. The van der Waals surface area contributed by atoms with Gasteiger partial charge in [-0.1, -0.05) is 63.6 Å². The first-order valence-corrected chi connectivity index (χ1v) is 12.2. The summed E-state index contributed by atoms with van der Waals surface area (Å²) in [6, 6.07) is 16.4. The van der Waals surface area contributed by atoms with E-state index in [2.05, 4.69) is 12.0 Å². The van der Waals surface area contributed by atoms with Crippen LogP contribution in [0.3, 0.4) is 0 Å². The first-order valence-electron chi connectivity index (χ1n) is 12.2. The third kappa shape index (κ3) is 6.72. The van der Waals surface area contributed by atoms with E-state index in [4.69, 9.17) is 14.2 Å². The summed E-state index contributed by atoms with van der Waals surface area (Å²) >= 11 is 0. The molecule has 0 N–H and O–H groups in total. The Hall–Kier alpha value is -3.61. The Morgan fingerprint density at radius 1 is 0.800 bits per heavy atom. The zero-order chi connectivity index (χ0) is 25.0. The van der Waals surface area contributed by atoms with Gasteiger partial charge in [-0.15, -0.1) is 0 Å².